The third-order valence-electron chi connectivity index (χ3n) is 3.35. The lowest BCUT2D eigenvalue weighted by atomic mass is 10.4. The van der Waals surface area contributed by atoms with Crippen molar-refractivity contribution in [3.8, 4) is 0 Å². The lowest BCUT2D eigenvalue weighted by Gasteiger charge is -2.14. The molecule has 0 aliphatic heterocycles. The molecule has 2 atom stereocenters. The summed E-state index contributed by atoms with van der Waals surface area (Å²) in [5.41, 5.74) is -2.48. The Balaban J connectivity index is 3.05. The highest BCUT2D eigenvalue weighted by molar-refractivity contribution is 4.79. The molecule has 1 aromatic heterocycles. The minimum Gasteiger partial charge on any atom is -0.395 e. The maximum atomic E-state index is 12.5. The smallest absolute Gasteiger partial charge is 0.336 e. The summed E-state index contributed by atoms with van der Waals surface area (Å²) in [6, 6.07) is 0. The van der Waals surface area contributed by atoms with Crippen LogP contribution in [0.1, 0.15) is 13.8 Å². The predicted molar refractivity (Wildman–Crippen MR) is 91.3 cm³/mol. The topological polar surface area (TPSA) is 145 Å². The molecule has 3 N–H and O–H groups in total. The number of hydrogen-bond donors (Lipinski definition) is 3. The van der Waals surface area contributed by atoms with E-state index in [1.54, 1.807) is 0 Å². The largest absolute Gasteiger partial charge is 0.395 e. The molecule has 0 aliphatic carbocycles. The minimum atomic E-state index is -0.837. The molecule has 0 bridgehead atoms. The van der Waals surface area contributed by atoms with Gasteiger partial charge in [0.2, 0.25) is 0 Å². The van der Waals surface area contributed by atoms with Gasteiger partial charge in [0.25, 0.3) is 0 Å². The molecule has 1 aromatic rings. The third-order valence-corrected chi connectivity index (χ3v) is 3.35. The Morgan fingerprint density at radius 2 is 1.12 bits per heavy atom. The molecule has 1 heterocycles. The second-order valence-electron chi connectivity index (χ2n) is 5.87. The summed E-state index contributed by atoms with van der Waals surface area (Å²) in [6.07, 6.45) is -1.37. The van der Waals surface area contributed by atoms with E-state index in [2.05, 4.69) is 0 Å². The lowest BCUT2D eigenvalue weighted by molar-refractivity contribution is 0.0391. The molecule has 0 saturated heterocycles. The van der Waals surface area contributed by atoms with E-state index in [4.69, 9.17) is 24.8 Å². The maximum Gasteiger partial charge on any atom is 0.336 e. The van der Waals surface area contributed by atoms with E-state index < -0.39 is 35.9 Å². The van der Waals surface area contributed by atoms with Gasteiger partial charge in [-0.05, 0) is 13.8 Å². The maximum absolute atomic E-state index is 12.5. The van der Waals surface area contributed by atoms with Gasteiger partial charge in [-0.1, -0.05) is 0 Å². The second kappa shape index (κ2) is 11.0. The Labute approximate surface area is 149 Å². The van der Waals surface area contributed by atoms with E-state index in [0.29, 0.717) is 0 Å². The van der Waals surface area contributed by atoms with Gasteiger partial charge in [-0.25, -0.2) is 28.1 Å². The molecular formula is C15H27N3O8. The minimum absolute atomic E-state index is 0.00406. The highest BCUT2D eigenvalue weighted by atomic mass is 16.5. The number of aliphatic hydroxyl groups excluding tert-OH is 3. The summed E-state index contributed by atoms with van der Waals surface area (Å²) in [5, 5.41) is 27.4. The van der Waals surface area contributed by atoms with Crippen molar-refractivity contribution in [1.82, 2.24) is 13.7 Å². The number of aliphatic hydroxyl groups is 3. The van der Waals surface area contributed by atoms with Gasteiger partial charge in [-0.2, -0.15) is 0 Å². The van der Waals surface area contributed by atoms with Crippen molar-refractivity contribution in [2.45, 2.75) is 45.7 Å². The quantitative estimate of drug-likeness (QED) is 0.326. The fourth-order valence-corrected chi connectivity index (χ4v) is 2.18. The number of ether oxygens (including phenoxy) is 2. The molecule has 150 valence electrons. The number of rotatable bonds is 12. The van der Waals surface area contributed by atoms with Crippen LogP contribution in [0.3, 0.4) is 0 Å². The molecular weight excluding hydrogens is 350 g/mol. The molecule has 0 fully saturated rings. The van der Waals surface area contributed by atoms with Crippen molar-refractivity contribution < 1.29 is 24.8 Å². The van der Waals surface area contributed by atoms with Crippen molar-refractivity contribution in [2.24, 2.45) is 0 Å². The summed E-state index contributed by atoms with van der Waals surface area (Å²) in [6.45, 7) is 2.26. The van der Waals surface area contributed by atoms with Crippen LogP contribution < -0.4 is 17.1 Å². The van der Waals surface area contributed by atoms with Crippen LogP contribution in [0.2, 0.25) is 0 Å². The Morgan fingerprint density at radius 1 is 0.769 bits per heavy atom. The molecule has 11 heteroatoms. The van der Waals surface area contributed by atoms with Gasteiger partial charge in [0, 0.05) is 0 Å². The predicted octanol–water partition coefficient (Wildman–Crippen LogP) is -3.04. The Bertz CT molecular complexity index is 665. The van der Waals surface area contributed by atoms with Crippen molar-refractivity contribution in [2.75, 3.05) is 33.0 Å². The molecule has 1 rings (SSSR count). The van der Waals surface area contributed by atoms with E-state index >= 15 is 0 Å². The first-order valence-corrected chi connectivity index (χ1v) is 8.36. The van der Waals surface area contributed by atoms with E-state index in [1.807, 2.05) is 0 Å². The molecule has 0 amide bonds. The van der Waals surface area contributed by atoms with E-state index in [9.17, 15) is 14.4 Å². The summed E-state index contributed by atoms with van der Waals surface area (Å²) in [7, 11) is 0. The Morgan fingerprint density at radius 3 is 1.42 bits per heavy atom. The fourth-order valence-electron chi connectivity index (χ4n) is 2.18. The molecule has 0 aromatic carbocycles. The molecule has 0 aliphatic rings. The van der Waals surface area contributed by atoms with Crippen LogP contribution in [0.4, 0.5) is 0 Å². The highest BCUT2D eigenvalue weighted by Crippen LogP contribution is 1.86. The van der Waals surface area contributed by atoms with Gasteiger partial charge in [-0.15, -0.1) is 0 Å². The van der Waals surface area contributed by atoms with Crippen molar-refractivity contribution in [3.05, 3.63) is 31.5 Å². The SMILES string of the molecule is CC(O)COCCn1c(=O)n(CCO)c(=O)n(CCOCC(C)O)c1=O. The molecule has 2 unspecified atom stereocenters. The highest BCUT2D eigenvalue weighted by Gasteiger charge is 2.15. The molecule has 11 nitrogen and oxygen atoms in total. The van der Waals surface area contributed by atoms with Crippen LogP contribution in [-0.4, -0.2) is 74.3 Å². The van der Waals surface area contributed by atoms with Crippen molar-refractivity contribution >= 4 is 0 Å². The van der Waals surface area contributed by atoms with Gasteiger partial charge < -0.3 is 24.8 Å². The molecule has 0 spiro atoms. The van der Waals surface area contributed by atoms with Gasteiger partial charge in [-0.3, -0.25) is 0 Å². The molecule has 0 radical (unpaired) electrons. The Kier molecular flexibility index (Phi) is 9.44. The van der Waals surface area contributed by atoms with E-state index in [0.717, 1.165) is 13.7 Å². The standard InChI is InChI=1S/C15H27N3O8/c1-11(20)9-25-7-4-17-13(22)16(3-6-19)14(23)18(15(17)24)5-8-26-10-12(2)21/h11-12,19-21H,3-10H2,1-2H3. The number of nitrogens with zero attached hydrogens (tertiary/aromatic N) is 3. The lowest BCUT2D eigenvalue weighted by Crippen LogP contribution is -2.55. The first-order valence-electron chi connectivity index (χ1n) is 8.36. The first kappa shape index (κ1) is 22.3. The Hall–Kier alpha value is -1.79. The number of aromatic nitrogens is 3. The zero-order chi connectivity index (χ0) is 19.7. The zero-order valence-corrected chi connectivity index (χ0v) is 15.0. The van der Waals surface area contributed by atoms with Crippen LogP contribution in [0.15, 0.2) is 14.4 Å². The third kappa shape index (κ3) is 6.50. The van der Waals surface area contributed by atoms with Crippen LogP contribution in [0.5, 0.6) is 0 Å². The van der Waals surface area contributed by atoms with Gasteiger partial charge in [0.1, 0.15) is 0 Å². The first-order chi connectivity index (χ1) is 12.3. The average molecular weight is 377 g/mol. The summed E-state index contributed by atoms with van der Waals surface area (Å²) in [4.78, 5) is 37.1. The van der Waals surface area contributed by atoms with Crippen molar-refractivity contribution in [3.63, 3.8) is 0 Å². The summed E-state index contributed by atoms with van der Waals surface area (Å²) < 4.78 is 12.8. The van der Waals surface area contributed by atoms with Crippen molar-refractivity contribution in [1.29, 1.82) is 0 Å². The number of hydrogen-bond acceptors (Lipinski definition) is 8. The second-order valence-corrected chi connectivity index (χ2v) is 5.87. The van der Waals surface area contributed by atoms with Crippen LogP contribution in [0, 0.1) is 0 Å². The van der Waals surface area contributed by atoms with Crippen LogP contribution in [0.25, 0.3) is 0 Å². The van der Waals surface area contributed by atoms with E-state index in [-0.39, 0.29) is 46.1 Å². The fraction of sp³-hybridized carbons (Fsp3) is 0.800. The average Bonchev–Trinajstić information content (AvgIpc) is 2.56. The van der Waals surface area contributed by atoms with Gasteiger partial charge >= 0.3 is 17.1 Å². The molecule has 0 saturated carbocycles. The monoisotopic (exact) mass is 377 g/mol. The van der Waals surface area contributed by atoms with E-state index in [1.165, 1.54) is 13.8 Å². The normalized spacial score (nSPS) is 13.7. The molecule has 26 heavy (non-hydrogen) atoms. The summed E-state index contributed by atoms with van der Waals surface area (Å²) >= 11 is 0. The van der Waals surface area contributed by atoms with Crippen LogP contribution in [-0.2, 0) is 29.1 Å². The van der Waals surface area contributed by atoms with Gasteiger partial charge in [0.05, 0.1) is 64.9 Å². The summed E-state index contributed by atoms with van der Waals surface area (Å²) in [5.74, 6) is 0. The van der Waals surface area contributed by atoms with Gasteiger partial charge in [0.15, 0.2) is 0 Å². The van der Waals surface area contributed by atoms with Crippen LogP contribution >= 0.6 is 0 Å². The zero-order valence-electron chi connectivity index (χ0n) is 15.0.